The number of hydrogen-bond acceptors (Lipinski definition) is 3. The first-order valence-electron chi connectivity index (χ1n) is 15.2. The van der Waals surface area contributed by atoms with Crippen LogP contribution in [0.2, 0.25) is 5.02 Å². The molecule has 0 aromatic heterocycles. The number of piperazine rings is 1. The van der Waals surface area contributed by atoms with Crippen molar-refractivity contribution in [3.8, 4) is 0 Å². The Labute approximate surface area is 272 Å². The molecule has 4 aromatic rings. The van der Waals surface area contributed by atoms with Gasteiger partial charge in [0.25, 0.3) is 0 Å². The highest BCUT2D eigenvalue weighted by atomic mass is 35.5. The average molecular weight is 646 g/mol. The zero-order valence-electron chi connectivity index (χ0n) is 25.2. The number of carbonyl (C=O) groups excluding carboxylic acids is 2. The van der Waals surface area contributed by atoms with Crippen molar-refractivity contribution >= 4 is 29.5 Å². The van der Waals surface area contributed by atoms with Crippen LogP contribution in [-0.4, -0.2) is 47.8 Å². The number of nitrogens with zero attached hydrogens (tertiary/aromatic N) is 2. The van der Waals surface area contributed by atoms with Gasteiger partial charge in [-0.15, -0.1) is 0 Å². The Morgan fingerprint density at radius 1 is 0.761 bits per heavy atom. The number of amides is 2. The third kappa shape index (κ3) is 9.08. The highest BCUT2D eigenvalue weighted by Gasteiger charge is 2.34. The topological polar surface area (TPSA) is 52.7 Å². The van der Waals surface area contributed by atoms with E-state index in [4.69, 9.17) is 11.6 Å². The summed E-state index contributed by atoms with van der Waals surface area (Å²) in [6.45, 7) is 3.32. The molecule has 0 saturated carbocycles. The average Bonchev–Trinajstić information content (AvgIpc) is 3.07. The number of benzene rings is 4. The summed E-state index contributed by atoms with van der Waals surface area (Å²) in [7, 11) is 0. The van der Waals surface area contributed by atoms with Crippen LogP contribution in [0, 0.1) is 5.92 Å². The van der Waals surface area contributed by atoms with Gasteiger partial charge in [0.2, 0.25) is 11.8 Å². The molecule has 1 saturated heterocycles. The van der Waals surface area contributed by atoms with E-state index in [-0.39, 0.29) is 24.4 Å². The van der Waals surface area contributed by atoms with Crippen LogP contribution in [0.1, 0.15) is 27.8 Å². The van der Waals surface area contributed by atoms with Gasteiger partial charge in [-0.05, 0) is 59.0 Å². The molecular weight excluding hydrogens is 611 g/mol. The maximum absolute atomic E-state index is 14.3. The molecule has 238 valence electrons. The van der Waals surface area contributed by atoms with Gasteiger partial charge < -0.3 is 10.2 Å². The molecule has 4 aromatic carbocycles. The molecule has 1 N–H and O–H groups in total. The van der Waals surface area contributed by atoms with Gasteiger partial charge >= 0.3 is 6.18 Å². The third-order valence-electron chi connectivity index (χ3n) is 8.08. The molecule has 1 heterocycles. The summed E-state index contributed by atoms with van der Waals surface area (Å²) in [4.78, 5) is 32.3. The Bertz CT molecular complexity index is 1620. The normalized spacial score (nSPS) is 15.0. The monoisotopic (exact) mass is 645 g/mol. The molecule has 1 aliphatic rings. The van der Waals surface area contributed by atoms with E-state index in [1.807, 2.05) is 48.5 Å². The predicted molar refractivity (Wildman–Crippen MR) is 175 cm³/mol. The minimum atomic E-state index is -4.49. The van der Waals surface area contributed by atoms with Crippen molar-refractivity contribution in [2.75, 3.05) is 26.2 Å². The van der Waals surface area contributed by atoms with Crippen LogP contribution in [0.5, 0.6) is 0 Å². The summed E-state index contributed by atoms with van der Waals surface area (Å²) in [5.41, 5.74) is 2.67. The molecule has 0 aliphatic carbocycles. The fraction of sp³-hybridized carbons (Fsp3) is 0.243. The summed E-state index contributed by atoms with van der Waals surface area (Å²) in [6, 6.07) is 31.2. The lowest BCUT2D eigenvalue weighted by Gasteiger charge is -2.37. The van der Waals surface area contributed by atoms with E-state index in [9.17, 15) is 22.8 Å². The van der Waals surface area contributed by atoms with Crippen molar-refractivity contribution in [3.05, 3.63) is 148 Å². The van der Waals surface area contributed by atoms with E-state index in [0.717, 1.165) is 29.8 Å². The van der Waals surface area contributed by atoms with Gasteiger partial charge in [0.15, 0.2) is 0 Å². The predicted octanol–water partition coefficient (Wildman–Crippen LogP) is 7.26. The lowest BCUT2D eigenvalue weighted by atomic mass is 9.88. The molecule has 2 amide bonds. The van der Waals surface area contributed by atoms with Crippen molar-refractivity contribution in [1.82, 2.24) is 15.1 Å². The van der Waals surface area contributed by atoms with Gasteiger partial charge in [0.05, 0.1) is 11.5 Å². The van der Waals surface area contributed by atoms with Gasteiger partial charge in [-0.3, -0.25) is 14.5 Å². The van der Waals surface area contributed by atoms with E-state index in [1.165, 1.54) is 23.8 Å². The first-order valence-corrected chi connectivity index (χ1v) is 15.5. The molecule has 0 bridgehead atoms. The third-order valence-corrected chi connectivity index (χ3v) is 8.33. The number of halogens is 4. The zero-order chi connectivity index (χ0) is 32.5. The van der Waals surface area contributed by atoms with Crippen LogP contribution in [0.3, 0.4) is 0 Å². The van der Waals surface area contributed by atoms with Crippen LogP contribution in [0.4, 0.5) is 13.2 Å². The number of rotatable bonds is 10. The minimum absolute atomic E-state index is 0.185. The second-order valence-corrected chi connectivity index (χ2v) is 11.8. The first kappa shape index (κ1) is 33.0. The molecular formula is C37H35ClF3N3O2. The Morgan fingerprint density at radius 3 is 1.93 bits per heavy atom. The van der Waals surface area contributed by atoms with Gasteiger partial charge in [-0.1, -0.05) is 96.5 Å². The molecule has 46 heavy (non-hydrogen) atoms. The van der Waals surface area contributed by atoms with Crippen LogP contribution in [0.25, 0.3) is 6.08 Å². The highest BCUT2D eigenvalue weighted by molar-refractivity contribution is 6.30. The van der Waals surface area contributed by atoms with E-state index in [1.54, 1.807) is 29.2 Å². The van der Waals surface area contributed by atoms with Crippen LogP contribution in [-0.2, 0) is 35.3 Å². The Hall–Kier alpha value is -4.40. The fourth-order valence-corrected chi connectivity index (χ4v) is 5.65. The molecule has 9 heteroatoms. The van der Waals surface area contributed by atoms with Gasteiger partial charge in [0, 0.05) is 49.9 Å². The summed E-state index contributed by atoms with van der Waals surface area (Å²) < 4.78 is 39.9. The highest BCUT2D eigenvalue weighted by Crippen LogP contribution is 2.30. The van der Waals surface area contributed by atoms with Crippen molar-refractivity contribution in [2.24, 2.45) is 5.92 Å². The van der Waals surface area contributed by atoms with Crippen molar-refractivity contribution in [2.45, 2.75) is 25.7 Å². The second-order valence-electron chi connectivity index (χ2n) is 11.4. The smallest absolute Gasteiger partial charge is 0.348 e. The number of nitrogens with one attached hydrogen (secondary N) is 1. The quantitative estimate of drug-likeness (QED) is 0.185. The molecule has 1 atom stereocenters. The van der Waals surface area contributed by atoms with Gasteiger partial charge in [0.1, 0.15) is 0 Å². The zero-order valence-corrected chi connectivity index (χ0v) is 26.0. The number of carbonyl (C=O) groups is 2. The number of alkyl halides is 3. The molecule has 5 rings (SSSR count). The summed E-state index contributed by atoms with van der Waals surface area (Å²) in [6.07, 6.45) is -2.70. The second kappa shape index (κ2) is 15.3. The largest absolute Gasteiger partial charge is 0.416 e. The molecule has 0 unspecified atom stereocenters. The summed E-state index contributed by atoms with van der Waals surface area (Å²) in [5.74, 6) is -1.52. The van der Waals surface area contributed by atoms with Crippen LogP contribution in [0.15, 0.2) is 115 Å². The molecule has 1 aliphatic heterocycles. The van der Waals surface area contributed by atoms with Gasteiger partial charge in [-0.25, -0.2) is 0 Å². The Balaban J connectivity index is 1.43. The van der Waals surface area contributed by atoms with Gasteiger partial charge in [-0.2, -0.15) is 13.2 Å². The standard InChI is InChI=1S/C37H35ClF3N3O2/c38-32-17-13-29(14-18-32)25-42-35(45)33(23-28-11-15-31(16-12-28)37(39,40)41)34(24-27-7-3-1-4-8-27)36(46)44-21-19-43(20-22-44)26-30-9-5-2-6-10-30/h1-18,23,34H,19-22,24-26H2,(H,42,45)/t34-/m0/s1. The van der Waals surface area contributed by atoms with E-state index < -0.39 is 23.6 Å². The molecule has 0 spiro atoms. The lowest BCUT2D eigenvalue weighted by Crippen LogP contribution is -2.51. The first-order chi connectivity index (χ1) is 22.2. The van der Waals surface area contributed by atoms with Crippen LogP contribution >= 0.6 is 11.6 Å². The lowest BCUT2D eigenvalue weighted by molar-refractivity contribution is -0.138. The molecule has 5 nitrogen and oxygen atoms in total. The van der Waals surface area contributed by atoms with E-state index in [2.05, 4.69) is 22.3 Å². The number of hydrogen-bond donors (Lipinski definition) is 1. The Kier molecular flexibility index (Phi) is 10.9. The summed E-state index contributed by atoms with van der Waals surface area (Å²) in [5, 5.41) is 3.49. The maximum atomic E-state index is 14.3. The van der Waals surface area contributed by atoms with E-state index in [0.29, 0.717) is 36.8 Å². The SMILES string of the molecule is O=C(NCc1ccc(Cl)cc1)C(=Cc1ccc(C(F)(F)F)cc1)[C@H](Cc1ccccc1)C(=O)N1CCN(Cc2ccccc2)CC1. The van der Waals surface area contributed by atoms with Crippen LogP contribution < -0.4 is 5.32 Å². The maximum Gasteiger partial charge on any atom is 0.416 e. The van der Waals surface area contributed by atoms with E-state index >= 15 is 0 Å². The summed E-state index contributed by atoms with van der Waals surface area (Å²) >= 11 is 6.02. The van der Waals surface area contributed by atoms with Crippen molar-refractivity contribution in [3.63, 3.8) is 0 Å². The fourth-order valence-electron chi connectivity index (χ4n) is 5.53. The van der Waals surface area contributed by atoms with Crippen molar-refractivity contribution < 1.29 is 22.8 Å². The Morgan fingerprint density at radius 2 is 1.35 bits per heavy atom. The van der Waals surface area contributed by atoms with Crippen molar-refractivity contribution in [1.29, 1.82) is 0 Å². The minimum Gasteiger partial charge on any atom is -0.348 e. The molecule has 1 fully saturated rings. The molecule has 0 radical (unpaired) electrons.